The van der Waals surface area contributed by atoms with Gasteiger partial charge in [0.25, 0.3) is 0 Å². The minimum atomic E-state index is 1.05. The maximum Gasteiger partial charge on any atom is 0.0521 e. The van der Waals surface area contributed by atoms with Gasteiger partial charge in [0, 0.05) is 14.6 Å². The molecule has 0 fully saturated rings. The highest BCUT2D eigenvalue weighted by atomic mass is 32.1. The van der Waals surface area contributed by atoms with Crippen molar-refractivity contribution in [2.45, 2.75) is 6.42 Å². The fourth-order valence-electron chi connectivity index (χ4n) is 2.45. The van der Waals surface area contributed by atoms with Crippen LogP contribution in [-0.2, 0) is 0 Å². The Hall–Kier alpha value is -1.68. The van der Waals surface area contributed by atoms with Crippen LogP contribution in [0.2, 0.25) is 0 Å². The summed E-state index contributed by atoms with van der Waals surface area (Å²) >= 11 is 5.51. The first-order valence-electron chi connectivity index (χ1n) is 7.15. The third kappa shape index (κ3) is 2.80. The molecule has 0 saturated carbocycles. The zero-order valence-electron chi connectivity index (χ0n) is 11.9. The van der Waals surface area contributed by atoms with Gasteiger partial charge in [0.15, 0.2) is 0 Å². The molecule has 22 heavy (non-hydrogen) atoms. The van der Waals surface area contributed by atoms with Crippen molar-refractivity contribution in [3.05, 3.63) is 76.5 Å². The average molecular weight is 339 g/mol. The van der Waals surface area contributed by atoms with E-state index >= 15 is 0 Å². The van der Waals surface area contributed by atoms with Crippen LogP contribution in [0.25, 0.3) is 25.6 Å². The van der Waals surface area contributed by atoms with E-state index in [0.29, 0.717) is 0 Å². The predicted octanol–water partition coefficient (Wildman–Crippen LogP) is 7.10. The topological polar surface area (TPSA) is 0 Å². The number of allylic oxidation sites excluding steroid dienone is 5. The van der Waals surface area contributed by atoms with Gasteiger partial charge in [-0.25, -0.2) is 0 Å². The lowest BCUT2D eigenvalue weighted by molar-refractivity contribution is 1.34. The van der Waals surface area contributed by atoms with Crippen molar-refractivity contribution in [3.8, 4) is 19.5 Å². The molecule has 3 heteroatoms. The van der Waals surface area contributed by atoms with Gasteiger partial charge < -0.3 is 0 Å². The van der Waals surface area contributed by atoms with Gasteiger partial charge in [-0.15, -0.1) is 34.0 Å². The molecule has 0 saturated heterocycles. The molecule has 0 aromatic carbocycles. The molecule has 0 nitrogen and oxygen atoms in total. The minimum absolute atomic E-state index is 1.05. The summed E-state index contributed by atoms with van der Waals surface area (Å²) in [7, 11) is 0. The molecule has 0 N–H and O–H groups in total. The second kappa shape index (κ2) is 6.21. The Balaban J connectivity index is 1.75. The van der Waals surface area contributed by atoms with Crippen LogP contribution in [0, 0.1) is 0 Å². The first-order chi connectivity index (χ1) is 10.9. The Morgan fingerprint density at radius 1 is 0.909 bits per heavy atom. The largest absolute Gasteiger partial charge is 0.143 e. The predicted molar refractivity (Wildman–Crippen MR) is 102 cm³/mol. The van der Waals surface area contributed by atoms with Crippen LogP contribution >= 0.6 is 34.0 Å². The molecular formula is C19H14S3. The van der Waals surface area contributed by atoms with Crippen LogP contribution in [0.15, 0.2) is 71.0 Å². The number of thiophene rings is 3. The zero-order chi connectivity index (χ0) is 14.8. The van der Waals surface area contributed by atoms with Crippen molar-refractivity contribution in [3.63, 3.8) is 0 Å². The molecule has 0 spiro atoms. The van der Waals surface area contributed by atoms with E-state index in [1.807, 2.05) is 34.0 Å². The van der Waals surface area contributed by atoms with Gasteiger partial charge in [-0.3, -0.25) is 0 Å². The summed E-state index contributed by atoms with van der Waals surface area (Å²) in [6, 6.07) is 11.0. The Morgan fingerprint density at radius 3 is 2.41 bits per heavy atom. The molecule has 3 heterocycles. The molecule has 0 aliphatic heterocycles. The van der Waals surface area contributed by atoms with E-state index in [9.17, 15) is 0 Å². The van der Waals surface area contributed by atoms with Gasteiger partial charge in [0.1, 0.15) is 0 Å². The number of hydrogen-bond donors (Lipinski definition) is 0. The fraction of sp³-hybridized carbons (Fsp3) is 0.0526. The summed E-state index contributed by atoms with van der Waals surface area (Å²) in [5.74, 6) is 0. The quantitative estimate of drug-likeness (QED) is 0.475. The molecule has 0 amide bonds. The molecule has 0 atom stereocenters. The SMILES string of the molecule is C1=CCC(/C=C/c2cc(-c3cccs3)sc2-c2cccs2)=C1. The molecule has 4 rings (SSSR count). The highest BCUT2D eigenvalue weighted by Crippen LogP contribution is 2.42. The summed E-state index contributed by atoms with van der Waals surface area (Å²) in [4.78, 5) is 5.44. The molecule has 3 aromatic heterocycles. The van der Waals surface area contributed by atoms with E-state index in [4.69, 9.17) is 0 Å². The standard InChI is InChI=1S/C19H14S3/c1-2-6-14(5-1)9-10-15-13-18(16-7-3-11-20-16)22-19(15)17-8-4-12-21-17/h1-5,7-13H,6H2/b10-9+. The normalized spacial score (nSPS) is 14.1. The van der Waals surface area contributed by atoms with Crippen LogP contribution in [-0.4, -0.2) is 0 Å². The summed E-state index contributed by atoms with van der Waals surface area (Å²) < 4.78 is 0. The van der Waals surface area contributed by atoms with Crippen LogP contribution < -0.4 is 0 Å². The number of hydrogen-bond acceptors (Lipinski definition) is 3. The van der Waals surface area contributed by atoms with Crippen molar-refractivity contribution in [2.75, 3.05) is 0 Å². The van der Waals surface area contributed by atoms with Crippen LogP contribution in [0.1, 0.15) is 12.0 Å². The second-order valence-corrected chi connectivity index (χ2v) is 8.00. The molecule has 0 radical (unpaired) electrons. The van der Waals surface area contributed by atoms with Gasteiger partial charge in [0.05, 0.1) is 4.88 Å². The molecule has 1 aliphatic carbocycles. The lowest BCUT2D eigenvalue weighted by Crippen LogP contribution is -1.73. The van der Waals surface area contributed by atoms with Crippen molar-refractivity contribution in [1.82, 2.24) is 0 Å². The summed E-state index contributed by atoms with van der Waals surface area (Å²) in [6.07, 6.45) is 12.1. The lowest BCUT2D eigenvalue weighted by atomic mass is 10.1. The Labute approximate surface area is 142 Å². The van der Waals surface area contributed by atoms with Gasteiger partial charge in [-0.1, -0.05) is 42.5 Å². The summed E-state index contributed by atoms with van der Waals surface area (Å²) in [5.41, 5.74) is 2.70. The molecule has 1 aliphatic rings. The molecule has 0 unspecified atom stereocenters. The highest BCUT2D eigenvalue weighted by Gasteiger charge is 2.12. The monoisotopic (exact) mass is 338 g/mol. The van der Waals surface area contributed by atoms with E-state index in [1.165, 1.54) is 30.6 Å². The van der Waals surface area contributed by atoms with Crippen molar-refractivity contribution in [1.29, 1.82) is 0 Å². The van der Waals surface area contributed by atoms with E-state index < -0.39 is 0 Å². The maximum atomic E-state index is 2.32. The highest BCUT2D eigenvalue weighted by molar-refractivity contribution is 7.26. The second-order valence-electron chi connectivity index (χ2n) is 5.06. The van der Waals surface area contributed by atoms with E-state index in [-0.39, 0.29) is 0 Å². The Bertz CT molecular complexity index is 841. The number of rotatable bonds is 4. The van der Waals surface area contributed by atoms with E-state index in [0.717, 1.165) is 6.42 Å². The maximum absolute atomic E-state index is 2.32. The van der Waals surface area contributed by atoms with Gasteiger partial charge in [-0.05, 0) is 46.5 Å². The Kier molecular flexibility index (Phi) is 3.94. The van der Waals surface area contributed by atoms with Crippen LogP contribution in [0.5, 0.6) is 0 Å². The van der Waals surface area contributed by atoms with Crippen molar-refractivity contribution >= 4 is 40.1 Å². The first kappa shape index (κ1) is 13.9. The van der Waals surface area contributed by atoms with Crippen molar-refractivity contribution < 1.29 is 0 Å². The summed E-state index contributed by atoms with van der Waals surface area (Å²) in [6.45, 7) is 0. The Morgan fingerprint density at radius 2 is 1.73 bits per heavy atom. The molecule has 3 aromatic rings. The van der Waals surface area contributed by atoms with Gasteiger partial charge in [0.2, 0.25) is 0 Å². The molecular weight excluding hydrogens is 324 g/mol. The smallest absolute Gasteiger partial charge is 0.0521 e. The average Bonchev–Trinajstić information content (AvgIpc) is 3.33. The summed E-state index contributed by atoms with van der Waals surface area (Å²) in [5, 5.41) is 4.29. The van der Waals surface area contributed by atoms with E-state index in [1.54, 1.807) is 0 Å². The minimum Gasteiger partial charge on any atom is -0.143 e. The zero-order valence-corrected chi connectivity index (χ0v) is 14.3. The van der Waals surface area contributed by atoms with Crippen LogP contribution in [0.3, 0.4) is 0 Å². The molecule has 108 valence electrons. The van der Waals surface area contributed by atoms with E-state index in [2.05, 4.69) is 71.5 Å². The van der Waals surface area contributed by atoms with Gasteiger partial charge in [-0.2, -0.15) is 0 Å². The third-order valence-corrected chi connectivity index (χ3v) is 6.81. The fourth-order valence-corrected chi connectivity index (χ4v) is 5.30. The molecule has 0 bridgehead atoms. The van der Waals surface area contributed by atoms with Gasteiger partial charge >= 0.3 is 0 Å². The third-order valence-electron chi connectivity index (χ3n) is 3.55. The lowest BCUT2D eigenvalue weighted by Gasteiger charge is -1.96. The van der Waals surface area contributed by atoms with Crippen LogP contribution in [0.4, 0.5) is 0 Å². The van der Waals surface area contributed by atoms with Crippen molar-refractivity contribution in [2.24, 2.45) is 0 Å². The first-order valence-corrected chi connectivity index (χ1v) is 9.73.